The quantitative estimate of drug-likeness (QED) is 0.675. The van der Waals surface area contributed by atoms with Crippen LogP contribution in [-0.4, -0.2) is 11.2 Å². The minimum atomic E-state index is -0.120. The molecule has 2 atom stereocenters. The van der Waals surface area contributed by atoms with E-state index in [1.165, 1.54) is 0 Å². The van der Waals surface area contributed by atoms with Crippen LogP contribution in [0.3, 0.4) is 0 Å². The van der Waals surface area contributed by atoms with E-state index in [0.717, 1.165) is 19.3 Å². The molecule has 1 nitrogen and oxygen atoms in total. The molecule has 0 aromatic carbocycles. The summed E-state index contributed by atoms with van der Waals surface area (Å²) in [6.45, 7) is 10.9. The summed E-state index contributed by atoms with van der Waals surface area (Å²) < 4.78 is 0. The Balaban J connectivity index is 3.90. The third kappa shape index (κ3) is 4.10. The van der Waals surface area contributed by atoms with Crippen molar-refractivity contribution in [2.45, 2.75) is 60.0 Å². The molecule has 0 saturated heterocycles. The van der Waals surface area contributed by atoms with Crippen molar-refractivity contribution in [3.05, 3.63) is 0 Å². The van der Waals surface area contributed by atoms with Gasteiger partial charge in [0.1, 0.15) is 0 Å². The van der Waals surface area contributed by atoms with Crippen LogP contribution < -0.4 is 0 Å². The summed E-state index contributed by atoms with van der Waals surface area (Å²) in [5.74, 6) is 0.441. The van der Waals surface area contributed by atoms with Gasteiger partial charge in [-0.2, -0.15) is 0 Å². The molecule has 0 bridgehead atoms. The summed E-state index contributed by atoms with van der Waals surface area (Å²) in [6, 6.07) is 0. The third-order valence-electron chi connectivity index (χ3n) is 3.02. The molecule has 0 spiro atoms. The number of rotatable bonds is 5. The lowest BCUT2D eigenvalue weighted by Crippen LogP contribution is -2.25. The highest BCUT2D eigenvalue weighted by atomic mass is 16.3. The Morgan fingerprint density at radius 2 is 1.75 bits per heavy atom. The van der Waals surface area contributed by atoms with E-state index < -0.39 is 0 Å². The molecule has 0 aromatic rings. The topological polar surface area (TPSA) is 20.2 Å². The predicted molar refractivity (Wildman–Crippen MR) is 54.2 cm³/mol. The fraction of sp³-hybridized carbons (Fsp3) is 1.00. The van der Waals surface area contributed by atoms with Gasteiger partial charge in [0.25, 0.3) is 0 Å². The van der Waals surface area contributed by atoms with Crippen LogP contribution in [0.4, 0.5) is 0 Å². The van der Waals surface area contributed by atoms with Crippen molar-refractivity contribution in [1.82, 2.24) is 0 Å². The smallest absolute Gasteiger partial charge is 0.0570 e. The summed E-state index contributed by atoms with van der Waals surface area (Å²) in [7, 11) is 0. The molecule has 12 heavy (non-hydrogen) atoms. The average molecular weight is 172 g/mol. The Hall–Kier alpha value is -0.0400. The second-order valence-electron chi connectivity index (χ2n) is 4.67. The Morgan fingerprint density at radius 3 is 2.08 bits per heavy atom. The van der Waals surface area contributed by atoms with Crippen molar-refractivity contribution in [3.8, 4) is 0 Å². The van der Waals surface area contributed by atoms with Gasteiger partial charge in [-0.15, -0.1) is 0 Å². The van der Waals surface area contributed by atoms with Gasteiger partial charge in [-0.05, 0) is 17.8 Å². The largest absolute Gasteiger partial charge is 0.393 e. The summed E-state index contributed by atoms with van der Waals surface area (Å²) in [4.78, 5) is 0. The van der Waals surface area contributed by atoms with Crippen molar-refractivity contribution in [3.63, 3.8) is 0 Å². The molecule has 1 N–H and O–H groups in total. The van der Waals surface area contributed by atoms with Gasteiger partial charge in [-0.1, -0.05) is 47.5 Å². The zero-order valence-corrected chi connectivity index (χ0v) is 9.22. The maximum atomic E-state index is 9.78. The Kier molecular flexibility index (Phi) is 4.84. The van der Waals surface area contributed by atoms with Crippen LogP contribution in [0.5, 0.6) is 0 Å². The van der Waals surface area contributed by atoms with E-state index >= 15 is 0 Å². The first-order valence-corrected chi connectivity index (χ1v) is 5.11. The van der Waals surface area contributed by atoms with E-state index in [2.05, 4.69) is 34.6 Å². The van der Waals surface area contributed by atoms with Crippen molar-refractivity contribution in [2.75, 3.05) is 0 Å². The second-order valence-corrected chi connectivity index (χ2v) is 4.67. The first-order chi connectivity index (χ1) is 5.43. The molecule has 0 rings (SSSR count). The zero-order chi connectivity index (χ0) is 9.78. The summed E-state index contributed by atoms with van der Waals surface area (Å²) >= 11 is 0. The molecule has 74 valence electrons. The van der Waals surface area contributed by atoms with E-state index in [1.54, 1.807) is 0 Å². The molecule has 0 amide bonds. The summed E-state index contributed by atoms with van der Waals surface area (Å²) in [5, 5.41) is 9.78. The Morgan fingerprint density at radius 1 is 1.25 bits per heavy atom. The van der Waals surface area contributed by atoms with Gasteiger partial charge in [0, 0.05) is 0 Å². The maximum Gasteiger partial charge on any atom is 0.0570 e. The first kappa shape index (κ1) is 12.0. The molecule has 0 aliphatic rings. The molecular weight excluding hydrogens is 148 g/mol. The van der Waals surface area contributed by atoms with Gasteiger partial charge < -0.3 is 5.11 Å². The molecule has 0 fully saturated rings. The van der Waals surface area contributed by atoms with Crippen LogP contribution in [0, 0.1) is 11.3 Å². The maximum absolute atomic E-state index is 9.78. The van der Waals surface area contributed by atoms with Crippen LogP contribution in [0.15, 0.2) is 0 Å². The molecule has 0 radical (unpaired) electrons. The fourth-order valence-electron chi connectivity index (χ4n) is 1.18. The Labute approximate surface area is 77.2 Å². The van der Waals surface area contributed by atoms with Gasteiger partial charge in [0.2, 0.25) is 0 Å². The van der Waals surface area contributed by atoms with E-state index in [9.17, 15) is 5.11 Å². The van der Waals surface area contributed by atoms with Gasteiger partial charge in [-0.25, -0.2) is 0 Å². The van der Waals surface area contributed by atoms with Gasteiger partial charge in [0.15, 0.2) is 0 Å². The van der Waals surface area contributed by atoms with Crippen LogP contribution in [-0.2, 0) is 0 Å². The Bertz CT molecular complexity index is 118. The minimum absolute atomic E-state index is 0.120. The summed E-state index contributed by atoms with van der Waals surface area (Å²) in [6.07, 6.45) is 3.02. The standard InChI is InChI=1S/C11H24O/c1-6-9(3)10(12)8-11(4,5)7-2/h9-10,12H,6-8H2,1-5H3. The van der Waals surface area contributed by atoms with Crippen LogP contribution in [0.1, 0.15) is 53.9 Å². The van der Waals surface area contributed by atoms with Crippen molar-refractivity contribution in [2.24, 2.45) is 11.3 Å². The van der Waals surface area contributed by atoms with Crippen LogP contribution in [0.25, 0.3) is 0 Å². The van der Waals surface area contributed by atoms with Crippen molar-refractivity contribution in [1.29, 1.82) is 0 Å². The fourth-order valence-corrected chi connectivity index (χ4v) is 1.18. The molecule has 2 unspecified atom stereocenters. The third-order valence-corrected chi connectivity index (χ3v) is 3.02. The highest BCUT2D eigenvalue weighted by Gasteiger charge is 2.22. The second kappa shape index (κ2) is 4.86. The molecular formula is C11H24O. The molecule has 0 saturated carbocycles. The van der Waals surface area contributed by atoms with Crippen molar-refractivity contribution < 1.29 is 5.11 Å². The van der Waals surface area contributed by atoms with Crippen LogP contribution >= 0.6 is 0 Å². The van der Waals surface area contributed by atoms with Gasteiger partial charge >= 0.3 is 0 Å². The normalized spacial score (nSPS) is 17.5. The lowest BCUT2D eigenvalue weighted by molar-refractivity contribution is 0.0649. The lowest BCUT2D eigenvalue weighted by Gasteiger charge is -2.28. The summed E-state index contributed by atoms with van der Waals surface area (Å²) in [5.41, 5.74) is 0.294. The lowest BCUT2D eigenvalue weighted by atomic mass is 9.81. The molecule has 0 aliphatic heterocycles. The number of aliphatic hydroxyl groups excluding tert-OH is 1. The molecule has 0 heterocycles. The predicted octanol–water partition coefficient (Wildman–Crippen LogP) is 3.22. The van der Waals surface area contributed by atoms with E-state index in [1.807, 2.05) is 0 Å². The first-order valence-electron chi connectivity index (χ1n) is 5.11. The van der Waals surface area contributed by atoms with E-state index in [-0.39, 0.29) is 6.10 Å². The number of aliphatic hydroxyl groups is 1. The van der Waals surface area contributed by atoms with E-state index in [0.29, 0.717) is 11.3 Å². The molecule has 1 heteroatoms. The zero-order valence-electron chi connectivity index (χ0n) is 9.22. The minimum Gasteiger partial charge on any atom is -0.393 e. The monoisotopic (exact) mass is 172 g/mol. The number of hydrogen-bond acceptors (Lipinski definition) is 1. The molecule has 0 aromatic heterocycles. The van der Waals surface area contributed by atoms with Crippen LogP contribution in [0.2, 0.25) is 0 Å². The molecule has 0 aliphatic carbocycles. The average Bonchev–Trinajstić information content (AvgIpc) is 2.02. The number of hydrogen-bond donors (Lipinski definition) is 1. The van der Waals surface area contributed by atoms with Gasteiger partial charge in [-0.3, -0.25) is 0 Å². The highest BCUT2D eigenvalue weighted by molar-refractivity contribution is 4.74. The SMILES string of the molecule is CCC(C)C(O)CC(C)(C)CC. The van der Waals surface area contributed by atoms with Crippen molar-refractivity contribution >= 4 is 0 Å². The highest BCUT2D eigenvalue weighted by Crippen LogP contribution is 2.29. The van der Waals surface area contributed by atoms with Gasteiger partial charge in [0.05, 0.1) is 6.10 Å². The van der Waals surface area contributed by atoms with E-state index in [4.69, 9.17) is 0 Å².